The zero-order valence-corrected chi connectivity index (χ0v) is 13.0. The molecule has 0 atom stereocenters. The van der Waals surface area contributed by atoms with E-state index in [0.717, 1.165) is 18.8 Å². The molecule has 0 bridgehead atoms. The lowest BCUT2D eigenvalue weighted by atomic mass is 10.1. The lowest BCUT2D eigenvalue weighted by molar-refractivity contribution is 0.246. The number of benzene rings is 2. The number of hydrogen-bond acceptors (Lipinski definition) is 2. The predicted octanol–water partition coefficient (Wildman–Crippen LogP) is 4.20. The van der Waals surface area contributed by atoms with Crippen LogP contribution in [0.4, 0.5) is 5.69 Å². The van der Waals surface area contributed by atoms with E-state index < -0.39 is 0 Å². The van der Waals surface area contributed by atoms with Gasteiger partial charge in [-0.1, -0.05) is 52.3 Å². The van der Waals surface area contributed by atoms with Crippen LogP contribution in [-0.2, 0) is 13.1 Å². The number of anilines is 1. The first-order chi connectivity index (χ1) is 9.74. The maximum absolute atomic E-state index is 6.08. The van der Waals surface area contributed by atoms with Gasteiger partial charge in [-0.05, 0) is 36.1 Å². The minimum atomic E-state index is 0.710. The molecule has 1 saturated carbocycles. The first-order valence-corrected chi connectivity index (χ1v) is 7.84. The molecule has 0 radical (unpaired) electrons. The van der Waals surface area contributed by atoms with Gasteiger partial charge in [-0.3, -0.25) is 4.90 Å². The molecule has 0 aliphatic heterocycles. The zero-order chi connectivity index (χ0) is 13.9. The summed E-state index contributed by atoms with van der Waals surface area (Å²) in [7, 11) is 0. The molecule has 2 aromatic rings. The third kappa shape index (κ3) is 3.22. The fourth-order valence-corrected chi connectivity index (χ4v) is 2.91. The molecule has 1 aliphatic carbocycles. The quantitative estimate of drug-likeness (QED) is 0.832. The van der Waals surface area contributed by atoms with Crippen molar-refractivity contribution in [1.29, 1.82) is 0 Å². The molecule has 0 spiro atoms. The standard InChI is InChI=1S/C17H19BrN2/c18-16-7-3-1-5-13(16)11-20(15-9-10-15)12-14-6-2-4-8-17(14)19/h1-8,15H,9-12,19H2. The molecule has 3 heteroatoms. The van der Waals surface area contributed by atoms with Crippen molar-refractivity contribution in [3.8, 4) is 0 Å². The van der Waals surface area contributed by atoms with E-state index in [-0.39, 0.29) is 0 Å². The van der Waals surface area contributed by atoms with Gasteiger partial charge in [0, 0.05) is 29.3 Å². The van der Waals surface area contributed by atoms with Crippen molar-refractivity contribution < 1.29 is 0 Å². The number of halogens is 1. The largest absolute Gasteiger partial charge is 0.398 e. The summed E-state index contributed by atoms with van der Waals surface area (Å²) in [6.07, 6.45) is 2.61. The van der Waals surface area contributed by atoms with Crippen LogP contribution in [0.5, 0.6) is 0 Å². The molecule has 0 unspecified atom stereocenters. The first-order valence-electron chi connectivity index (χ1n) is 7.05. The SMILES string of the molecule is Nc1ccccc1CN(Cc1ccccc1Br)C1CC1. The Labute approximate surface area is 128 Å². The van der Waals surface area contributed by atoms with E-state index in [1.807, 2.05) is 12.1 Å². The summed E-state index contributed by atoms with van der Waals surface area (Å²) in [6, 6.07) is 17.3. The third-order valence-electron chi connectivity index (χ3n) is 3.82. The molecule has 2 N–H and O–H groups in total. The maximum Gasteiger partial charge on any atom is 0.0359 e. The van der Waals surface area contributed by atoms with Crippen molar-refractivity contribution in [2.24, 2.45) is 0 Å². The first kappa shape index (κ1) is 13.7. The average molecular weight is 331 g/mol. The summed E-state index contributed by atoms with van der Waals surface area (Å²) >= 11 is 3.64. The van der Waals surface area contributed by atoms with Crippen LogP contribution in [0.15, 0.2) is 53.0 Å². The summed E-state index contributed by atoms with van der Waals surface area (Å²) in [6.45, 7) is 1.90. The summed E-state index contributed by atoms with van der Waals surface area (Å²) in [5.74, 6) is 0. The molecule has 3 rings (SSSR count). The second-order valence-electron chi connectivity index (χ2n) is 5.43. The van der Waals surface area contributed by atoms with E-state index in [4.69, 9.17) is 5.73 Å². The average Bonchev–Trinajstić information content (AvgIpc) is 3.27. The maximum atomic E-state index is 6.08. The summed E-state index contributed by atoms with van der Waals surface area (Å²) < 4.78 is 1.19. The molecule has 0 amide bonds. The Bertz CT molecular complexity index is 546. The number of nitrogens with zero attached hydrogens (tertiary/aromatic N) is 1. The third-order valence-corrected chi connectivity index (χ3v) is 4.60. The van der Waals surface area contributed by atoms with Crippen molar-refractivity contribution >= 4 is 21.6 Å². The van der Waals surface area contributed by atoms with Crippen LogP contribution in [-0.4, -0.2) is 10.9 Å². The molecule has 2 nitrogen and oxygen atoms in total. The van der Waals surface area contributed by atoms with Gasteiger partial charge in [0.2, 0.25) is 0 Å². The number of nitrogen functional groups attached to an aromatic ring is 1. The van der Waals surface area contributed by atoms with Crippen LogP contribution < -0.4 is 5.73 Å². The fourth-order valence-electron chi connectivity index (χ4n) is 2.50. The number of para-hydroxylation sites is 1. The topological polar surface area (TPSA) is 29.3 Å². The van der Waals surface area contributed by atoms with E-state index in [1.54, 1.807) is 0 Å². The molecule has 1 fully saturated rings. The van der Waals surface area contributed by atoms with Gasteiger partial charge in [0.1, 0.15) is 0 Å². The van der Waals surface area contributed by atoms with Crippen LogP contribution in [0.2, 0.25) is 0 Å². The van der Waals surface area contributed by atoms with E-state index in [1.165, 1.54) is 28.4 Å². The monoisotopic (exact) mass is 330 g/mol. The highest BCUT2D eigenvalue weighted by Gasteiger charge is 2.29. The Morgan fingerprint density at radius 3 is 2.20 bits per heavy atom. The van der Waals surface area contributed by atoms with Gasteiger partial charge in [-0.15, -0.1) is 0 Å². The predicted molar refractivity (Wildman–Crippen MR) is 87.3 cm³/mol. The van der Waals surface area contributed by atoms with Crippen LogP contribution in [0, 0.1) is 0 Å². The van der Waals surface area contributed by atoms with Crippen molar-refractivity contribution in [3.05, 3.63) is 64.1 Å². The normalized spacial score (nSPS) is 14.7. The smallest absolute Gasteiger partial charge is 0.0359 e. The van der Waals surface area contributed by atoms with Gasteiger partial charge in [0.15, 0.2) is 0 Å². The number of hydrogen-bond donors (Lipinski definition) is 1. The van der Waals surface area contributed by atoms with Crippen LogP contribution in [0.25, 0.3) is 0 Å². The summed E-state index contributed by atoms with van der Waals surface area (Å²) in [5, 5.41) is 0. The Morgan fingerprint density at radius 1 is 0.950 bits per heavy atom. The van der Waals surface area contributed by atoms with E-state index >= 15 is 0 Å². The van der Waals surface area contributed by atoms with E-state index in [0.29, 0.717) is 6.04 Å². The minimum Gasteiger partial charge on any atom is -0.398 e. The Hall–Kier alpha value is -1.32. The number of nitrogens with two attached hydrogens (primary N) is 1. The zero-order valence-electron chi connectivity index (χ0n) is 11.4. The Kier molecular flexibility index (Phi) is 4.08. The minimum absolute atomic E-state index is 0.710. The highest BCUT2D eigenvalue weighted by Crippen LogP contribution is 2.31. The lowest BCUT2D eigenvalue weighted by Crippen LogP contribution is -2.25. The lowest BCUT2D eigenvalue weighted by Gasteiger charge is -2.23. The summed E-state index contributed by atoms with van der Waals surface area (Å²) in [4.78, 5) is 2.53. The molecule has 0 heterocycles. The highest BCUT2D eigenvalue weighted by atomic mass is 79.9. The van der Waals surface area contributed by atoms with Crippen molar-refractivity contribution in [2.75, 3.05) is 5.73 Å². The number of rotatable bonds is 5. The Morgan fingerprint density at radius 2 is 1.55 bits per heavy atom. The van der Waals surface area contributed by atoms with Crippen molar-refractivity contribution in [1.82, 2.24) is 4.90 Å². The molecule has 20 heavy (non-hydrogen) atoms. The summed E-state index contributed by atoms with van der Waals surface area (Å²) in [5.41, 5.74) is 9.54. The highest BCUT2D eigenvalue weighted by molar-refractivity contribution is 9.10. The molecule has 2 aromatic carbocycles. The fraction of sp³-hybridized carbons (Fsp3) is 0.294. The van der Waals surface area contributed by atoms with Gasteiger partial charge in [0.25, 0.3) is 0 Å². The van der Waals surface area contributed by atoms with E-state index in [9.17, 15) is 0 Å². The van der Waals surface area contributed by atoms with Crippen molar-refractivity contribution in [2.45, 2.75) is 32.0 Å². The van der Waals surface area contributed by atoms with Gasteiger partial charge in [-0.2, -0.15) is 0 Å². The van der Waals surface area contributed by atoms with Gasteiger partial charge >= 0.3 is 0 Å². The molecule has 0 saturated heterocycles. The van der Waals surface area contributed by atoms with E-state index in [2.05, 4.69) is 57.2 Å². The van der Waals surface area contributed by atoms with Gasteiger partial charge < -0.3 is 5.73 Å². The molecule has 0 aromatic heterocycles. The Balaban J connectivity index is 1.77. The van der Waals surface area contributed by atoms with Crippen molar-refractivity contribution in [3.63, 3.8) is 0 Å². The molecular weight excluding hydrogens is 312 g/mol. The van der Waals surface area contributed by atoms with Crippen LogP contribution >= 0.6 is 15.9 Å². The second kappa shape index (κ2) is 5.98. The van der Waals surface area contributed by atoms with Crippen LogP contribution in [0.3, 0.4) is 0 Å². The second-order valence-corrected chi connectivity index (χ2v) is 6.28. The molecule has 104 valence electrons. The van der Waals surface area contributed by atoms with Crippen LogP contribution in [0.1, 0.15) is 24.0 Å². The molecular formula is C17H19BrN2. The molecule has 1 aliphatic rings. The van der Waals surface area contributed by atoms with Gasteiger partial charge in [-0.25, -0.2) is 0 Å². The van der Waals surface area contributed by atoms with Gasteiger partial charge in [0.05, 0.1) is 0 Å².